The molecular formula is C19H34OSi2. The minimum absolute atomic E-state index is 0.801. The average Bonchev–Trinajstić information content (AvgIpc) is 2.93. The maximum atomic E-state index is 12.9. The highest BCUT2D eigenvalue weighted by Gasteiger charge is 2.52. The van der Waals surface area contributed by atoms with Crippen LogP contribution in [0.15, 0.2) is 0 Å². The molecule has 1 saturated heterocycles. The van der Waals surface area contributed by atoms with Crippen LogP contribution in [0.5, 0.6) is 0 Å². The van der Waals surface area contributed by atoms with Crippen LogP contribution in [0.2, 0.25) is 25.7 Å². The first-order valence-corrected chi connectivity index (χ1v) is 16.7. The molecule has 3 aliphatic carbocycles. The molecular weight excluding hydrogens is 300 g/mol. The Bertz CT molecular complexity index is 455. The second-order valence-corrected chi connectivity index (χ2v) is 24.3. The van der Waals surface area contributed by atoms with E-state index in [9.17, 15) is 4.79 Å². The van der Waals surface area contributed by atoms with Gasteiger partial charge < -0.3 is 4.79 Å². The summed E-state index contributed by atoms with van der Waals surface area (Å²) in [5.74, 6) is 5.86. The maximum absolute atomic E-state index is 12.9. The zero-order chi connectivity index (χ0) is 15.5. The van der Waals surface area contributed by atoms with Crippen LogP contribution in [0.1, 0.15) is 51.4 Å². The van der Waals surface area contributed by atoms with Gasteiger partial charge in [-0.2, -0.15) is 0 Å². The molecule has 0 aromatic heterocycles. The van der Waals surface area contributed by atoms with Crippen LogP contribution in [0.3, 0.4) is 0 Å². The highest BCUT2D eigenvalue weighted by Crippen LogP contribution is 2.57. The largest absolute Gasteiger partial charge is 0.306 e. The molecule has 4 fully saturated rings. The van der Waals surface area contributed by atoms with Gasteiger partial charge >= 0.3 is 0 Å². The molecule has 3 saturated carbocycles. The predicted molar refractivity (Wildman–Crippen MR) is 98.2 cm³/mol. The van der Waals surface area contributed by atoms with Gasteiger partial charge in [0, 0.05) is 14.0 Å². The zero-order valence-electron chi connectivity index (χ0n) is 14.8. The van der Waals surface area contributed by atoms with Gasteiger partial charge in [-0.1, -0.05) is 44.9 Å². The molecule has 0 aromatic carbocycles. The van der Waals surface area contributed by atoms with Gasteiger partial charge in [-0.15, -0.1) is 0 Å². The lowest BCUT2D eigenvalue weighted by Crippen LogP contribution is -2.56. The second kappa shape index (κ2) is 5.58. The number of carbonyl (C=O) groups is 1. The van der Waals surface area contributed by atoms with Crippen LogP contribution in [-0.2, 0) is 4.79 Å². The number of rotatable bonds is 1. The Morgan fingerprint density at radius 2 is 1.50 bits per heavy atom. The molecule has 4 aliphatic rings. The molecule has 0 spiro atoms. The quantitative estimate of drug-likeness (QED) is 0.640. The molecule has 1 nitrogen and oxygen atoms in total. The van der Waals surface area contributed by atoms with Gasteiger partial charge in [0.2, 0.25) is 0 Å². The molecule has 0 amide bonds. The molecule has 0 bridgehead atoms. The highest BCUT2D eigenvalue weighted by atomic mass is 29.2. The standard InChI is InChI=1S/C19H34OSi2/c1-22(2,3)21-12-14-8-10-16-15-6-4-5-13(15)7-9-17(16)18(14)11-19(21)20/h13-18,21H,4-12H2,1-3H3/t13-,14?,15+,16-,17-,18-,21?/m0/s1. The summed E-state index contributed by atoms with van der Waals surface area (Å²) in [5, 5.41) is 0.801. The molecule has 0 aromatic rings. The molecule has 4 rings (SSSR count). The van der Waals surface area contributed by atoms with Crippen molar-refractivity contribution in [3.63, 3.8) is 0 Å². The van der Waals surface area contributed by atoms with E-state index in [1.54, 1.807) is 0 Å². The fraction of sp³-hybridized carbons (Fsp3) is 0.947. The summed E-state index contributed by atoms with van der Waals surface area (Å²) < 4.78 is 0. The smallest absolute Gasteiger partial charge is 0.110 e. The summed E-state index contributed by atoms with van der Waals surface area (Å²) in [4.78, 5) is 12.9. The molecule has 22 heavy (non-hydrogen) atoms. The molecule has 7 atom stereocenters. The van der Waals surface area contributed by atoms with Gasteiger partial charge in [-0.3, -0.25) is 0 Å². The van der Waals surface area contributed by atoms with Crippen LogP contribution < -0.4 is 0 Å². The summed E-state index contributed by atoms with van der Waals surface area (Å²) >= 11 is 0. The third kappa shape index (κ3) is 2.51. The lowest BCUT2D eigenvalue weighted by atomic mass is 9.56. The predicted octanol–water partition coefficient (Wildman–Crippen LogP) is 4.61. The van der Waals surface area contributed by atoms with Crippen molar-refractivity contribution in [1.82, 2.24) is 0 Å². The Kier molecular flexibility index (Phi) is 3.96. The van der Waals surface area contributed by atoms with Crippen molar-refractivity contribution in [3.8, 4) is 0 Å². The van der Waals surface area contributed by atoms with Crippen LogP contribution in [0, 0.1) is 35.5 Å². The summed E-state index contributed by atoms with van der Waals surface area (Å²) in [6, 6.07) is 1.40. The first-order valence-electron chi connectivity index (χ1n) is 9.98. The fourth-order valence-corrected chi connectivity index (χ4v) is 17.1. The van der Waals surface area contributed by atoms with Gasteiger partial charge in [0.25, 0.3) is 0 Å². The van der Waals surface area contributed by atoms with Gasteiger partial charge in [-0.25, -0.2) is 0 Å². The Morgan fingerprint density at radius 1 is 0.818 bits per heavy atom. The van der Waals surface area contributed by atoms with E-state index in [4.69, 9.17) is 0 Å². The van der Waals surface area contributed by atoms with E-state index in [1.165, 1.54) is 51.0 Å². The second-order valence-electron chi connectivity index (χ2n) is 10.1. The van der Waals surface area contributed by atoms with E-state index < -0.39 is 15.9 Å². The SMILES string of the molecule is C[Si](C)(C)[SiH]1CC2CC[C@H]3[C@@H]4CCC[C@H]4CC[C@@H]3[C@H]2CC1=O. The van der Waals surface area contributed by atoms with Crippen molar-refractivity contribution < 1.29 is 4.79 Å². The monoisotopic (exact) mass is 334 g/mol. The lowest BCUT2D eigenvalue weighted by Gasteiger charge is -2.53. The van der Waals surface area contributed by atoms with E-state index in [1.807, 2.05) is 0 Å². The van der Waals surface area contributed by atoms with Gasteiger partial charge in [0.1, 0.15) is 13.7 Å². The van der Waals surface area contributed by atoms with E-state index >= 15 is 0 Å². The van der Waals surface area contributed by atoms with Crippen molar-refractivity contribution in [2.45, 2.75) is 77.1 Å². The number of carbonyl (C=O) groups excluding carboxylic acids is 1. The third-order valence-electron chi connectivity index (χ3n) is 8.12. The first-order chi connectivity index (χ1) is 10.4. The summed E-state index contributed by atoms with van der Waals surface area (Å²) in [6.45, 7) is 7.41. The van der Waals surface area contributed by atoms with E-state index in [-0.39, 0.29) is 0 Å². The fourth-order valence-electron chi connectivity index (χ4n) is 7.11. The van der Waals surface area contributed by atoms with Crippen LogP contribution in [0.4, 0.5) is 0 Å². The van der Waals surface area contributed by atoms with E-state index in [0.717, 1.165) is 47.3 Å². The van der Waals surface area contributed by atoms with Crippen molar-refractivity contribution >= 4 is 21.3 Å². The molecule has 1 heterocycles. The highest BCUT2D eigenvalue weighted by molar-refractivity contribution is 7.42. The van der Waals surface area contributed by atoms with E-state index in [0.29, 0.717) is 0 Å². The number of hydrogen-bond acceptors (Lipinski definition) is 1. The van der Waals surface area contributed by atoms with Crippen molar-refractivity contribution in [3.05, 3.63) is 0 Å². The van der Waals surface area contributed by atoms with Crippen molar-refractivity contribution in [1.29, 1.82) is 0 Å². The summed E-state index contributed by atoms with van der Waals surface area (Å²) in [5.41, 5.74) is 0. The van der Waals surface area contributed by atoms with Gasteiger partial charge in [-0.05, 0) is 61.2 Å². The topological polar surface area (TPSA) is 17.1 Å². The summed E-state index contributed by atoms with van der Waals surface area (Å²) in [6.07, 6.45) is 11.5. The minimum atomic E-state index is -1.17. The molecule has 2 unspecified atom stereocenters. The zero-order valence-corrected chi connectivity index (χ0v) is 17.0. The molecule has 0 radical (unpaired) electrons. The maximum Gasteiger partial charge on any atom is 0.110 e. The van der Waals surface area contributed by atoms with Gasteiger partial charge in [0.05, 0.1) is 0 Å². The molecule has 3 heteroatoms. The Morgan fingerprint density at radius 3 is 2.23 bits per heavy atom. The third-order valence-corrected chi connectivity index (χ3v) is 20.3. The summed E-state index contributed by atoms with van der Waals surface area (Å²) in [7, 11) is -2.25. The molecule has 1 aliphatic heterocycles. The molecule has 124 valence electrons. The number of hydrogen-bond donors (Lipinski definition) is 0. The minimum Gasteiger partial charge on any atom is -0.306 e. The van der Waals surface area contributed by atoms with Crippen molar-refractivity contribution in [2.24, 2.45) is 35.5 Å². The Labute approximate surface area is 139 Å². The Balaban J connectivity index is 1.53. The van der Waals surface area contributed by atoms with Crippen LogP contribution in [-0.4, -0.2) is 21.3 Å². The average molecular weight is 335 g/mol. The lowest BCUT2D eigenvalue weighted by molar-refractivity contribution is -0.116. The first kappa shape index (κ1) is 15.6. The van der Waals surface area contributed by atoms with Crippen LogP contribution >= 0.6 is 0 Å². The van der Waals surface area contributed by atoms with Crippen molar-refractivity contribution in [2.75, 3.05) is 0 Å². The van der Waals surface area contributed by atoms with Gasteiger partial charge in [0.15, 0.2) is 0 Å². The van der Waals surface area contributed by atoms with Crippen LogP contribution in [0.25, 0.3) is 0 Å². The molecule has 0 N–H and O–H groups in total. The normalized spacial score (nSPS) is 48.5. The number of fused-ring (bicyclic) bond motifs is 5. The van der Waals surface area contributed by atoms with E-state index in [2.05, 4.69) is 19.6 Å². The Hall–Kier alpha value is 0.104.